The van der Waals surface area contributed by atoms with Crippen molar-refractivity contribution in [1.29, 1.82) is 0 Å². The zero-order valence-corrected chi connectivity index (χ0v) is 16.3. The third-order valence-corrected chi connectivity index (χ3v) is 5.68. The number of rotatable bonds is 3. The highest BCUT2D eigenvalue weighted by Crippen LogP contribution is 2.36. The van der Waals surface area contributed by atoms with Gasteiger partial charge in [0.2, 0.25) is 6.79 Å². The molecule has 0 radical (unpaired) electrons. The van der Waals surface area contributed by atoms with Gasteiger partial charge in [-0.15, -0.1) is 0 Å². The van der Waals surface area contributed by atoms with Crippen LogP contribution in [0.4, 0.5) is 0 Å². The highest BCUT2D eigenvalue weighted by atomic mass is 32.1. The quantitative estimate of drug-likeness (QED) is 0.504. The Kier molecular flexibility index (Phi) is 4.29. The van der Waals surface area contributed by atoms with Crippen LogP contribution in [0.25, 0.3) is 10.2 Å². The number of amides is 1. The zero-order valence-electron chi connectivity index (χ0n) is 15.5. The molecule has 0 fully saturated rings. The van der Waals surface area contributed by atoms with Crippen molar-refractivity contribution in [1.82, 2.24) is 4.57 Å². The van der Waals surface area contributed by atoms with Gasteiger partial charge in [-0.25, -0.2) is 0 Å². The maximum Gasteiger partial charge on any atom is 0.279 e. The number of nitrogens with zero attached hydrogens (tertiary/aromatic N) is 2. The molecule has 0 saturated carbocycles. The van der Waals surface area contributed by atoms with Crippen molar-refractivity contribution >= 4 is 27.5 Å². The summed E-state index contributed by atoms with van der Waals surface area (Å²) in [6.07, 6.45) is 0. The first-order valence-electron chi connectivity index (χ1n) is 8.98. The molecule has 29 heavy (non-hydrogen) atoms. The topological polar surface area (TPSA) is 62.1 Å². The van der Waals surface area contributed by atoms with Crippen molar-refractivity contribution in [2.75, 3.05) is 6.79 Å². The number of fused-ring (bicyclic) bond motifs is 2. The van der Waals surface area contributed by atoms with E-state index in [2.05, 4.69) is 4.99 Å². The summed E-state index contributed by atoms with van der Waals surface area (Å²) in [4.78, 5) is 17.6. The molecule has 1 aliphatic heterocycles. The molecule has 0 bridgehead atoms. The third-order valence-electron chi connectivity index (χ3n) is 4.58. The van der Waals surface area contributed by atoms with Gasteiger partial charge in [0.05, 0.1) is 10.2 Å². The Hall–Kier alpha value is -3.58. The number of carbonyl (C=O) groups is 1. The van der Waals surface area contributed by atoms with E-state index in [4.69, 9.17) is 14.2 Å². The monoisotopic (exact) mass is 404 g/mol. The highest BCUT2D eigenvalue weighted by molar-refractivity contribution is 7.16. The van der Waals surface area contributed by atoms with Gasteiger partial charge in [0.25, 0.3) is 5.91 Å². The highest BCUT2D eigenvalue weighted by Gasteiger charge is 2.17. The van der Waals surface area contributed by atoms with E-state index in [1.165, 1.54) is 11.3 Å². The molecule has 0 unspecified atom stereocenters. The number of ether oxygens (including phenoxy) is 3. The second-order valence-electron chi connectivity index (χ2n) is 6.47. The summed E-state index contributed by atoms with van der Waals surface area (Å²) in [5, 5.41) is 0. The zero-order chi connectivity index (χ0) is 19.8. The first kappa shape index (κ1) is 17.5. The lowest BCUT2D eigenvalue weighted by atomic mass is 10.2. The van der Waals surface area contributed by atoms with E-state index >= 15 is 0 Å². The Morgan fingerprint density at radius 3 is 2.45 bits per heavy atom. The van der Waals surface area contributed by atoms with Crippen molar-refractivity contribution in [3.8, 4) is 23.0 Å². The number of carbonyl (C=O) groups excluding carboxylic acids is 1. The fraction of sp³-hybridized carbons (Fsp3) is 0.0909. The first-order valence-corrected chi connectivity index (χ1v) is 9.80. The number of para-hydroxylation sites is 1. The molecule has 0 N–H and O–H groups in total. The second-order valence-corrected chi connectivity index (χ2v) is 7.48. The summed E-state index contributed by atoms with van der Waals surface area (Å²) in [5.41, 5.74) is 1.44. The van der Waals surface area contributed by atoms with E-state index in [-0.39, 0.29) is 12.7 Å². The van der Waals surface area contributed by atoms with Crippen molar-refractivity contribution in [2.45, 2.75) is 0 Å². The van der Waals surface area contributed by atoms with Crippen LogP contribution in [-0.2, 0) is 7.05 Å². The predicted molar refractivity (Wildman–Crippen MR) is 110 cm³/mol. The van der Waals surface area contributed by atoms with Crippen LogP contribution >= 0.6 is 11.3 Å². The standard InChI is InChI=1S/C22H16N2O4S/c1-24-17-11-18-19(27-13-26-18)12-20(17)29-22(24)23-21(25)14-7-9-16(10-8-14)28-15-5-3-2-4-6-15/h2-12H,13H2,1H3. The molecule has 7 heteroatoms. The van der Waals surface area contributed by atoms with Crippen LogP contribution < -0.4 is 19.0 Å². The molecular formula is C22H16N2O4S. The van der Waals surface area contributed by atoms with E-state index in [9.17, 15) is 4.79 Å². The first-order chi connectivity index (χ1) is 14.2. The fourth-order valence-electron chi connectivity index (χ4n) is 3.07. The van der Waals surface area contributed by atoms with Crippen LogP contribution in [-0.4, -0.2) is 17.3 Å². The van der Waals surface area contributed by atoms with Crippen LogP contribution in [0.2, 0.25) is 0 Å². The van der Waals surface area contributed by atoms with E-state index in [1.807, 2.05) is 54.1 Å². The van der Waals surface area contributed by atoms with Crippen LogP contribution in [0.5, 0.6) is 23.0 Å². The molecule has 2 heterocycles. The Labute approximate surface area is 170 Å². The molecule has 0 atom stereocenters. The number of hydrogen-bond donors (Lipinski definition) is 0. The van der Waals surface area contributed by atoms with Gasteiger partial charge in [0.1, 0.15) is 11.5 Å². The van der Waals surface area contributed by atoms with Crippen LogP contribution in [0.15, 0.2) is 71.7 Å². The lowest BCUT2D eigenvalue weighted by Gasteiger charge is -2.05. The van der Waals surface area contributed by atoms with Gasteiger partial charge in [0, 0.05) is 24.7 Å². The predicted octanol–water partition coefficient (Wildman–Crippen LogP) is 4.50. The van der Waals surface area contributed by atoms with Gasteiger partial charge in [0.15, 0.2) is 16.3 Å². The van der Waals surface area contributed by atoms with Gasteiger partial charge in [-0.1, -0.05) is 29.5 Å². The third kappa shape index (κ3) is 3.36. The number of benzene rings is 3. The summed E-state index contributed by atoms with van der Waals surface area (Å²) in [6, 6.07) is 20.3. The average molecular weight is 404 g/mol. The van der Waals surface area contributed by atoms with Gasteiger partial charge >= 0.3 is 0 Å². The van der Waals surface area contributed by atoms with Gasteiger partial charge in [-0.05, 0) is 36.4 Å². The number of aryl methyl sites for hydroxylation is 1. The van der Waals surface area contributed by atoms with Gasteiger partial charge in [-0.3, -0.25) is 4.79 Å². The Morgan fingerprint density at radius 1 is 1.00 bits per heavy atom. The van der Waals surface area contributed by atoms with E-state index < -0.39 is 0 Å². The largest absolute Gasteiger partial charge is 0.457 e. The molecule has 3 aromatic carbocycles. The van der Waals surface area contributed by atoms with Gasteiger partial charge < -0.3 is 18.8 Å². The summed E-state index contributed by atoms with van der Waals surface area (Å²) >= 11 is 1.43. The lowest BCUT2D eigenvalue weighted by Crippen LogP contribution is -2.13. The van der Waals surface area contributed by atoms with Crippen LogP contribution in [0.1, 0.15) is 10.4 Å². The Bertz CT molecular complexity index is 1270. The molecule has 1 amide bonds. The number of thiazole rings is 1. The molecule has 0 saturated heterocycles. The summed E-state index contributed by atoms with van der Waals surface area (Å²) in [6.45, 7) is 0.232. The molecule has 144 valence electrons. The smallest absolute Gasteiger partial charge is 0.279 e. The maximum absolute atomic E-state index is 12.7. The van der Waals surface area contributed by atoms with E-state index in [1.54, 1.807) is 24.3 Å². The molecule has 1 aromatic heterocycles. The molecule has 5 rings (SSSR count). The minimum absolute atomic E-state index is 0.232. The van der Waals surface area contributed by atoms with Crippen molar-refractivity contribution < 1.29 is 19.0 Å². The molecule has 6 nitrogen and oxygen atoms in total. The number of hydrogen-bond acceptors (Lipinski definition) is 5. The minimum atomic E-state index is -0.307. The maximum atomic E-state index is 12.7. The Balaban J connectivity index is 1.42. The molecule has 0 spiro atoms. The lowest BCUT2D eigenvalue weighted by molar-refractivity contribution is 0.0998. The van der Waals surface area contributed by atoms with Crippen molar-refractivity contribution in [3.63, 3.8) is 0 Å². The second kappa shape index (κ2) is 7.10. The molecule has 4 aromatic rings. The van der Waals surface area contributed by atoms with Crippen LogP contribution in [0.3, 0.4) is 0 Å². The van der Waals surface area contributed by atoms with E-state index in [0.29, 0.717) is 27.6 Å². The fourth-order valence-corrected chi connectivity index (χ4v) is 4.09. The summed E-state index contributed by atoms with van der Waals surface area (Å²) in [7, 11) is 1.88. The normalized spacial score (nSPS) is 13.1. The average Bonchev–Trinajstić information content (AvgIpc) is 3.32. The van der Waals surface area contributed by atoms with Crippen molar-refractivity contribution in [3.05, 3.63) is 77.1 Å². The molecule has 0 aliphatic carbocycles. The molecule has 1 aliphatic rings. The van der Waals surface area contributed by atoms with Crippen LogP contribution in [0, 0.1) is 0 Å². The number of aromatic nitrogens is 1. The molecular weight excluding hydrogens is 388 g/mol. The van der Waals surface area contributed by atoms with Gasteiger partial charge in [-0.2, -0.15) is 4.99 Å². The van der Waals surface area contributed by atoms with Crippen molar-refractivity contribution in [2.24, 2.45) is 12.0 Å². The summed E-state index contributed by atoms with van der Waals surface area (Å²) in [5.74, 6) is 2.52. The SMILES string of the molecule is Cn1c(=NC(=O)c2ccc(Oc3ccccc3)cc2)sc2cc3c(cc21)OCO3. The minimum Gasteiger partial charge on any atom is -0.457 e. The summed E-state index contributed by atoms with van der Waals surface area (Å²) < 4.78 is 19.5. The van der Waals surface area contributed by atoms with E-state index in [0.717, 1.165) is 16.0 Å². The Morgan fingerprint density at radius 2 is 1.69 bits per heavy atom.